The predicted octanol–water partition coefficient (Wildman–Crippen LogP) is 4.65. The number of amides is 1. The molecular formula is C24H21ClF2N2O6S. The number of likely N-dealkylation sites (N-methyl/N-ethyl adjacent to an activating group) is 1. The van der Waals surface area contributed by atoms with E-state index in [1.807, 2.05) is 4.72 Å². The highest BCUT2D eigenvalue weighted by molar-refractivity contribution is 7.92. The summed E-state index contributed by atoms with van der Waals surface area (Å²) in [7, 11) is -1.80. The lowest BCUT2D eigenvalue weighted by Crippen LogP contribution is -2.35. The normalized spacial score (nSPS) is 17.2. The van der Waals surface area contributed by atoms with Gasteiger partial charge < -0.3 is 19.5 Å². The first-order chi connectivity index (χ1) is 16.9. The second-order valence-corrected chi connectivity index (χ2v) is 10.3. The Bertz CT molecular complexity index is 1480. The van der Waals surface area contributed by atoms with Gasteiger partial charge in [0, 0.05) is 29.8 Å². The number of phenols is 1. The second-order valence-electron chi connectivity index (χ2n) is 8.20. The average molecular weight is 539 g/mol. The average Bonchev–Trinajstić information content (AvgIpc) is 2.81. The summed E-state index contributed by atoms with van der Waals surface area (Å²) in [5.74, 6) is -3.09. The molecule has 190 valence electrons. The highest BCUT2D eigenvalue weighted by atomic mass is 35.5. The number of fused-ring (bicyclic) bond motifs is 6. The summed E-state index contributed by atoms with van der Waals surface area (Å²) < 4.78 is 69.2. The van der Waals surface area contributed by atoms with Gasteiger partial charge in [-0.05, 0) is 43.3 Å². The summed E-state index contributed by atoms with van der Waals surface area (Å²) >= 11 is 6.01. The third kappa shape index (κ3) is 4.76. The van der Waals surface area contributed by atoms with Crippen LogP contribution in [0, 0.1) is 11.6 Å². The van der Waals surface area contributed by atoms with Crippen molar-refractivity contribution in [3.05, 3.63) is 64.7 Å². The molecule has 0 saturated carbocycles. The molecule has 12 heteroatoms. The second kappa shape index (κ2) is 9.47. The third-order valence-corrected chi connectivity index (χ3v) is 7.22. The molecule has 1 amide bonds. The Morgan fingerprint density at radius 2 is 1.86 bits per heavy atom. The molecule has 0 spiro atoms. The molecule has 1 aliphatic heterocycles. The van der Waals surface area contributed by atoms with Gasteiger partial charge in [0.1, 0.15) is 34.1 Å². The Kier molecular flexibility index (Phi) is 6.72. The number of nitrogens with zero attached hydrogens (tertiary/aromatic N) is 1. The quantitative estimate of drug-likeness (QED) is 0.467. The zero-order valence-electron chi connectivity index (χ0n) is 19.3. The number of nitrogens with one attached hydrogen (secondary N) is 1. The molecule has 1 heterocycles. The Labute approximate surface area is 211 Å². The largest absolute Gasteiger partial charge is 0.505 e. The number of aromatic hydroxyl groups is 1. The van der Waals surface area contributed by atoms with Crippen molar-refractivity contribution in [2.24, 2.45) is 0 Å². The van der Waals surface area contributed by atoms with E-state index >= 15 is 0 Å². The van der Waals surface area contributed by atoms with Crippen LogP contribution in [0.15, 0.2) is 47.4 Å². The highest BCUT2D eigenvalue weighted by Gasteiger charge is 2.28. The number of phenolic OH excluding ortho intramolecular Hbond substituents is 1. The minimum atomic E-state index is -4.68. The minimum absolute atomic E-state index is 0.0558. The smallest absolute Gasteiger partial charge is 0.265 e. The van der Waals surface area contributed by atoms with E-state index in [1.165, 1.54) is 31.2 Å². The van der Waals surface area contributed by atoms with Crippen molar-refractivity contribution < 1.29 is 36.6 Å². The summed E-state index contributed by atoms with van der Waals surface area (Å²) in [6, 6.07) is 8.10. The molecule has 0 saturated heterocycles. The Morgan fingerprint density at radius 1 is 1.14 bits per heavy atom. The third-order valence-electron chi connectivity index (χ3n) is 5.55. The number of rotatable bonds is 1. The Balaban J connectivity index is 1.99. The molecule has 0 unspecified atom stereocenters. The van der Waals surface area contributed by atoms with Crippen molar-refractivity contribution in [3.63, 3.8) is 0 Å². The van der Waals surface area contributed by atoms with E-state index in [0.717, 1.165) is 18.2 Å². The van der Waals surface area contributed by atoms with Gasteiger partial charge >= 0.3 is 0 Å². The Hall–Kier alpha value is -3.57. The van der Waals surface area contributed by atoms with Crippen LogP contribution in [-0.4, -0.2) is 51.1 Å². The number of hydrogen-bond acceptors (Lipinski definition) is 6. The molecule has 4 rings (SSSR count). The highest BCUT2D eigenvalue weighted by Crippen LogP contribution is 2.39. The number of benzene rings is 3. The lowest BCUT2D eigenvalue weighted by molar-refractivity contribution is 0.0727. The first kappa shape index (κ1) is 25.5. The summed E-state index contributed by atoms with van der Waals surface area (Å²) in [6.07, 6.45) is -0.604. The number of anilines is 1. The predicted molar refractivity (Wildman–Crippen MR) is 129 cm³/mol. The molecule has 3 aromatic carbocycles. The maximum absolute atomic E-state index is 15.0. The molecule has 0 aromatic heterocycles. The van der Waals surface area contributed by atoms with Crippen molar-refractivity contribution in [3.8, 4) is 28.4 Å². The topological polar surface area (TPSA) is 105 Å². The minimum Gasteiger partial charge on any atom is -0.505 e. The maximum atomic E-state index is 15.0. The van der Waals surface area contributed by atoms with Gasteiger partial charge in [-0.2, -0.15) is 0 Å². The van der Waals surface area contributed by atoms with E-state index in [0.29, 0.717) is 11.8 Å². The zero-order chi connectivity index (χ0) is 26.4. The molecule has 1 aliphatic rings. The summed E-state index contributed by atoms with van der Waals surface area (Å²) in [5.41, 5.74) is -0.749. The SMILES string of the molecule is COc1ccc2c(c1)-c1cc(c(F)cc1F)NS(=O)(=O)c1cc(cc(Cl)c1O)C(=O)N(C)C[C@H](C)O2. The van der Waals surface area contributed by atoms with Crippen LogP contribution >= 0.6 is 11.6 Å². The van der Waals surface area contributed by atoms with Gasteiger partial charge in [0.15, 0.2) is 5.75 Å². The number of carbonyl (C=O) groups is 1. The van der Waals surface area contributed by atoms with E-state index in [1.54, 1.807) is 13.0 Å². The van der Waals surface area contributed by atoms with Gasteiger partial charge in [-0.15, -0.1) is 0 Å². The van der Waals surface area contributed by atoms with Gasteiger partial charge in [-0.25, -0.2) is 17.2 Å². The molecule has 8 nitrogen and oxygen atoms in total. The molecule has 4 bridgehead atoms. The zero-order valence-corrected chi connectivity index (χ0v) is 20.9. The van der Waals surface area contributed by atoms with Gasteiger partial charge in [-0.3, -0.25) is 9.52 Å². The van der Waals surface area contributed by atoms with Crippen LogP contribution in [0.2, 0.25) is 5.02 Å². The number of hydrogen-bond donors (Lipinski definition) is 2. The van der Waals surface area contributed by atoms with Crippen LogP contribution in [-0.2, 0) is 10.0 Å². The maximum Gasteiger partial charge on any atom is 0.265 e. The van der Waals surface area contributed by atoms with Crippen molar-refractivity contribution in [2.45, 2.75) is 17.9 Å². The molecular weight excluding hydrogens is 518 g/mol. The first-order valence-corrected chi connectivity index (χ1v) is 12.4. The van der Waals surface area contributed by atoms with Crippen molar-refractivity contribution >= 4 is 33.2 Å². The van der Waals surface area contributed by atoms with Crippen LogP contribution in [0.4, 0.5) is 14.5 Å². The fraction of sp³-hybridized carbons (Fsp3) is 0.208. The van der Waals surface area contributed by atoms with Crippen molar-refractivity contribution in [1.29, 1.82) is 0 Å². The molecule has 3 aromatic rings. The van der Waals surface area contributed by atoms with E-state index in [4.69, 9.17) is 21.1 Å². The first-order valence-electron chi connectivity index (χ1n) is 10.6. The molecule has 0 fully saturated rings. The Morgan fingerprint density at radius 3 is 2.56 bits per heavy atom. The number of carbonyl (C=O) groups excluding carboxylic acids is 1. The van der Waals surface area contributed by atoms with Crippen LogP contribution < -0.4 is 14.2 Å². The molecule has 2 N–H and O–H groups in total. The molecule has 0 aliphatic carbocycles. The van der Waals surface area contributed by atoms with Gasteiger partial charge in [0.05, 0.1) is 24.4 Å². The van der Waals surface area contributed by atoms with E-state index in [9.17, 15) is 27.1 Å². The number of methoxy groups -OCH3 is 1. The number of halogens is 3. The van der Waals surface area contributed by atoms with Gasteiger partial charge in [0.2, 0.25) is 0 Å². The fourth-order valence-electron chi connectivity index (χ4n) is 3.83. The lowest BCUT2D eigenvalue weighted by atomic mass is 10.0. The standard InChI is InChI=1S/C24H21ClF2N2O6S/c1-12-11-29(2)24(31)13-6-17(25)23(30)22(7-13)36(32,33)28-20-9-15(18(26)10-19(20)27)16-8-14(34-3)4-5-21(16)35-12/h4-10,12,28,30H,11H2,1-3H3/t12-/m0/s1. The van der Waals surface area contributed by atoms with Crippen molar-refractivity contribution in [1.82, 2.24) is 4.90 Å². The number of ether oxygens (including phenoxy) is 2. The van der Waals surface area contributed by atoms with Gasteiger partial charge in [-0.1, -0.05) is 11.6 Å². The van der Waals surface area contributed by atoms with E-state index in [2.05, 4.69) is 0 Å². The van der Waals surface area contributed by atoms with Crippen LogP contribution in [0.1, 0.15) is 17.3 Å². The fourth-order valence-corrected chi connectivity index (χ4v) is 5.31. The molecule has 36 heavy (non-hydrogen) atoms. The van der Waals surface area contributed by atoms with Crippen molar-refractivity contribution in [2.75, 3.05) is 25.4 Å². The molecule has 1 atom stereocenters. The van der Waals surface area contributed by atoms with Gasteiger partial charge in [0.25, 0.3) is 15.9 Å². The monoisotopic (exact) mass is 538 g/mol. The lowest BCUT2D eigenvalue weighted by Gasteiger charge is -2.24. The number of sulfonamides is 1. The van der Waals surface area contributed by atoms with E-state index < -0.39 is 55.0 Å². The summed E-state index contributed by atoms with van der Waals surface area (Å²) in [6.45, 7) is 1.74. The van der Waals surface area contributed by atoms with Crippen LogP contribution in [0.5, 0.6) is 17.2 Å². The van der Waals surface area contributed by atoms with Crippen LogP contribution in [0.3, 0.4) is 0 Å². The van der Waals surface area contributed by atoms with Crippen LogP contribution in [0.25, 0.3) is 11.1 Å². The molecule has 0 radical (unpaired) electrons. The van der Waals surface area contributed by atoms with E-state index in [-0.39, 0.29) is 29.0 Å². The summed E-state index contributed by atoms with van der Waals surface area (Å²) in [5, 5.41) is 9.95. The summed E-state index contributed by atoms with van der Waals surface area (Å²) in [4.78, 5) is 13.6.